The zero-order valence-corrected chi connectivity index (χ0v) is 18.0. The molecule has 0 aliphatic rings. The lowest BCUT2D eigenvalue weighted by Crippen LogP contribution is -2.41. The van der Waals surface area contributed by atoms with Crippen molar-refractivity contribution in [2.75, 3.05) is 20.6 Å². The maximum absolute atomic E-state index is 13.0. The second-order valence-corrected chi connectivity index (χ2v) is 8.31. The molecular formula is C25H25N3OS. The summed E-state index contributed by atoms with van der Waals surface area (Å²) in [4.78, 5) is 16.8. The number of rotatable bonds is 8. The van der Waals surface area contributed by atoms with Gasteiger partial charge in [0.05, 0.1) is 11.1 Å². The first-order chi connectivity index (χ1) is 14.6. The van der Waals surface area contributed by atoms with Crippen LogP contribution in [0.5, 0.6) is 0 Å². The lowest BCUT2D eigenvalue weighted by Gasteiger charge is -2.25. The van der Waals surface area contributed by atoms with E-state index in [0.29, 0.717) is 17.7 Å². The molecule has 0 heterocycles. The maximum atomic E-state index is 13.0. The third-order valence-electron chi connectivity index (χ3n) is 4.90. The number of carbonyl (C=O) groups is 1. The highest BCUT2D eigenvalue weighted by molar-refractivity contribution is 7.99. The number of likely N-dealkylation sites (N-methyl/N-ethyl adjacent to an activating group) is 1. The minimum absolute atomic E-state index is 0.104. The van der Waals surface area contributed by atoms with Gasteiger partial charge < -0.3 is 10.2 Å². The molecule has 3 aromatic rings. The Balaban J connectivity index is 1.71. The molecule has 1 unspecified atom stereocenters. The summed E-state index contributed by atoms with van der Waals surface area (Å²) >= 11 is 1.44. The van der Waals surface area contributed by atoms with Gasteiger partial charge in [0.15, 0.2) is 0 Å². The Morgan fingerprint density at radius 1 is 0.967 bits per heavy atom. The van der Waals surface area contributed by atoms with Crippen molar-refractivity contribution < 1.29 is 4.79 Å². The van der Waals surface area contributed by atoms with Crippen LogP contribution in [0.2, 0.25) is 0 Å². The molecule has 0 aromatic heterocycles. The number of nitrogens with zero attached hydrogens (tertiary/aromatic N) is 2. The van der Waals surface area contributed by atoms with Gasteiger partial charge in [0.2, 0.25) is 0 Å². The number of hydrogen-bond donors (Lipinski definition) is 1. The molecule has 0 bridgehead atoms. The van der Waals surface area contributed by atoms with Crippen LogP contribution in [0.1, 0.15) is 21.5 Å². The molecule has 1 amide bonds. The van der Waals surface area contributed by atoms with Crippen molar-refractivity contribution in [3.05, 3.63) is 95.6 Å². The van der Waals surface area contributed by atoms with Crippen molar-refractivity contribution >= 4 is 17.7 Å². The molecule has 1 atom stereocenters. The number of carbonyl (C=O) groups excluding carboxylic acids is 1. The lowest BCUT2D eigenvalue weighted by atomic mass is 10.0. The van der Waals surface area contributed by atoms with Crippen LogP contribution >= 0.6 is 11.8 Å². The molecule has 152 valence electrons. The largest absolute Gasteiger partial charge is 0.350 e. The van der Waals surface area contributed by atoms with Crippen molar-refractivity contribution in [2.45, 2.75) is 22.3 Å². The summed E-state index contributed by atoms with van der Waals surface area (Å²) in [5.41, 5.74) is 2.47. The van der Waals surface area contributed by atoms with Gasteiger partial charge in [-0.15, -0.1) is 0 Å². The fraction of sp³-hybridized carbons (Fsp3) is 0.200. The van der Waals surface area contributed by atoms with E-state index in [2.05, 4.69) is 28.4 Å². The summed E-state index contributed by atoms with van der Waals surface area (Å²) in [5.74, 6) is -0.104. The first-order valence-electron chi connectivity index (χ1n) is 9.83. The minimum atomic E-state index is -0.104. The summed E-state index contributed by atoms with van der Waals surface area (Å²) in [6, 6.07) is 27.6. The first-order valence-corrected chi connectivity index (χ1v) is 10.6. The Morgan fingerprint density at radius 3 is 2.30 bits per heavy atom. The van der Waals surface area contributed by atoms with Gasteiger partial charge in [-0.05, 0) is 50.3 Å². The Kier molecular flexibility index (Phi) is 7.67. The Hall–Kier alpha value is -3.07. The summed E-state index contributed by atoms with van der Waals surface area (Å²) < 4.78 is 0. The standard InChI is InChI=1S/C25H25N3OS/c1-28(2)21(16-19-10-4-3-5-11-19)18-27-25(29)22-13-7-9-15-24(22)30-23-14-8-6-12-20(23)17-26/h3-15,21H,16,18H2,1-2H3,(H,27,29). The topological polar surface area (TPSA) is 56.1 Å². The van der Waals surface area contributed by atoms with E-state index in [-0.39, 0.29) is 11.9 Å². The Labute approximate surface area is 182 Å². The van der Waals surface area contributed by atoms with Crippen LogP contribution in [0.25, 0.3) is 0 Å². The molecule has 4 nitrogen and oxygen atoms in total. The van der Waals surface area contributed by atoms with E-state index < -0.39 is 0 Å². The molecule has 0 aliphatic heterocycles. The van der Waals surface area contributed by atoms with Gasteiger partial charge in [-0.25, -0.2) is 0 Å². The van der Waals surface area contributed by atoms with E-state index in [1.807, 2.05) is 74.8 Å². The third kappa shape index (κ3) is 5.73. The van der Waals surface area contributed by atoms with Crippen molar-refractivity contribution in [2.24, 2.45) is 0 Å². The quantitative estimate of drug-likeness (QED) is 0.584. The average Bonchev–Trinajstić information content (AvgIpc) is 2.77. The molecule has 0 spiro atoms. The van der Waals surface area contributed by atoms with E-state index in [1.165, 1.54) is 17.3 Å². The van der Waals surface area contributed by atoms with Crippen LogP contribution < -0.4 is 5.32 Å². The molecule has 30 heavy (non-hydrogen) atoms. The smallest absolute Gasteiger partial charge is 0.252 e. The van der Waals surface area contributed by atoms with E-state index in [1.54, 1.807) is 6.07 Å². The van der Waals surface area contributed by atoms with Gasteiger partial charge in [0.25, 0.3) is 5.91 Å². The molecule has 3 aromatic carbocycles. The Morgan fingerprint density at radius 2 is 1.60 bits per heavy atom. The number of amides is 1. The van der Waals surface area contributed by atoms with Crippen LogP contribution in [0, 0.1) is 11.3 Å². The molecule has 5 heteroatoms. The van der Waals surface area contributed by atoms with Crippen LogP contribution in [-0.2, 0) is 6.42 Å². The van der Waals surface area contributed by atoms with Gasteiger partial charge in [-0.1, -0.05) is 66.4 Å². The molecule has 0 saturated carbocycles. The zero-order chi connectivity index (χ0) is 21.3. The lowest BCUT2D eigenvalue weighted by molar-refractivity contribution is 0.0939. The highest BCUT2D eigenvalue weighted by Gasteiger charge is 2.17. The molecule has 0 fully saturated rings. The highest BCUT2D eigenvalue weighted by Crippen LogP contribution is 2.32. The Bertz CT molecular complexity index is 1030. The highest BCUT2D eigenvalue weighted by atomic mass is 32.2. The van der Waals surface area contributed by atoms with E-state index in [0.717, 1.165) is 16.2 Å². The third-order valence-corrected chi connectivity index (χ3v) is 6.05. The summed E-state index contributed by atoms with van der Waals surface area (Å²) in [7, 11) is 4.06. The zero-order valence-electron chi connectivity index (χ0n) is 17.2. The van der Waals surface area contributed by atoms with Crippen molar-refractivity contribution in [1.29, 1.82) is 5.26 Å². The second-order valence-electron chi connectivity index (χ2n) is 7.22. The molecule has 1 N–H and O–H groups in total. The monoisotopic (exact) mass is 415 g/mol. The predicted octanol–water partition coefficient (Wildman–Crippen LogP) is 4.61. The predicted molar refractivity (Wildman–Crippen MR) is 122 cm³/mol. The van der Waals surface area contributed by atoms with E-state index in [4.69, 9.17) is 0 Å². The SMILES string of the molecule is CN(C)C(CNC(=O)c1ccccc1Sc1ccccc1C#N)Cc1ccccc1. The van der Waals surface area contributed by atoms with Gasteiger partial charge in [-0.3, -0.25) is 4.79 Å². The van der Waals surface area contributed by atoms with Gasteiger partial charge in [0, 0.05) is 22.4 Å². The summed E-state index contributed by atoms with van der Waals surface area (Å²) in [6.07, 6.45) is 0.861. The van der Waals surface area contributed by atoms with Crippen LogP contribution in [0.4, 0.5) is 0 Å². The van der Waals surface area contributed by atoms with Crippen LogP contribution in [0.15, 0.2) is 88.7 Å². The number of nitriles is 1. The molecule has 0 aliphatic carbocycles. The van der Waals surface area contributed by atoms with Crippen LogP contribution in [0.3, 0.4) is 0 Å². The van der Waals surface area contributed by atoms with Gasteiger partial charge >= 0.3 is 0 Å². The minimum Gasteiger partial charge on any atom is -0.350 e. The van der Waals surface area contributed by atoms with Crippen LogP contribution in [-0.4, -0.2) is 37.5 Å². The van der Waals surface area contributed by atoms with E-state index in [9.17, 15) is 10.1 Å². The first kappa shape index (κ1) is 21.6. The fourth-order valence-corrected chi connectivity index (χ4v) is 4.16. The number of nitrogens with one attached hydrogen (secondary N) is 1. The van der Waals surface area contributed by atoms with Crippen molar-refractivity contribution in [3.63, 3.8) is 0 Å². The average molecular weight is 416 g/mol. The number of hydrogen-bond acceptors (Lipinski definition) is 4. The van der Waals surface area contributed by atoms with Crippen molar-refractivity contribution in [3.8, 4) is 6.07 Å². The van der Waals surface area contributed by atoms with Gasteiger partial charge in [0.1, 0.15) is 6.07 Å². The van der Waals surface area contributed by atoms with E-state index >= 15 is 0 Å². The fourth-order valence-electron chi connectivity index (χ4n) is 3.14. The maximum Gasteiger partial charge on any atom is 0.252 e. The molecule has 3 rings (SSSR count). The molecular weight excluding hydrogens is 390 g/mol. The molecule has 0 saturated heterocycles. The number of benzene rings is 3. The van der Waals surface area contributed by atoms with Crippen molar-refractivity contribution in [1.82, 2.24) is 10.2 Å². The molecule has 0 radical (unpaired) electrons. The van der Waals surface area contributed by atoms with Gasteiger partial charge in [-0.2, -0.15) is 5.26 Å². The normalized spacial score (nSPS) is 11.7. The summed E-state index contributed by atoms with van der Waals surface area (Å²) in [5, 5.41) is 12.4. The summed E-state index contributed by atoms with van der Waals surface area (Å²) in [6.45, 7) is 0.550. The second kappa shape index (κ2) is 10.6.